The van der Waals surface area contributed by atoms with Gasteiger partial charge >= 0.3 is 0 Å². The van der Waals surface area contributed by atoms with Crippen LogP contribution in [0, 0.1) is 18.3 Å². The van der Waals surface area contributed by atoms with E-state index >= 15 is 0 Å². The minimum Gasteiger partial charge on any atom is -0.480 e. The third-order valence-electron chi connectivity index (χ3n) is 4.79. The number of carbonyl (C=O) groups is 2. The highest BCUT2D eigenvalue weighted by Gasteiger charge is 2.48. The number of carbonyl (C=O) groups excluding carboxylic acids is 2. The number of Topliss-reactive ketones (excluding diaryl/α,β-unsaturated/α-hetero) is 2. The van der Waals surface area contributed by atoms with Crippen molar-refractivity contribution in [2.45, 2.75) is 33.6 Å². The van der Waals surface area contributed by atoms with Crippen molar-refractivity contribution in [3.05, 3.63) is 22.5 Å². The summed E-state index contributed by atoms with van der Waals surface area (Å²) in [5.74, 6) is -0.214. The van der Waals surface area contributed by atoms with E-state index in [1.807, 2.05) is 13.8 Å². The Morgan fingerprint density at radius 1 is 1.42 bits per heavy atom. The summed E-state index contributed by atoms with van der Waals surface area (Å²) in [5, 5.41) is 9.66. The zero-order valence-electron chi connectivity index (χ0n) is 11.2. The fourth-order valence-electron chi connectivity index (χ4n) is 3.16. The van der Waals surface area contributed by atoms with Gasteiger partial charge in [0.25, 0.3) is 5.95 Å². The lowest BCUT2D eigenvalue weighted by Crippen LogP contribution is -2.44. The number of aromatic hydroxyl groups is 1. The highest BCUT2D eigenvalue weighted by Crippen LogP contribution is 2.50. The summed E-state index contributed by atoms with van der Waals surface area (Å²) in [6.45, 7) is 5.82. The molecule has 1 N–H and O–H groups in total. The van der Waals surface area contributed by atoms with Crippen LogP contribution in [0.4, 0.5) is 0 Å². The molecule has 1 saturated carbocycles. The Kier molecular flexibility index (Phi) is 2.31. The number of rotatable bonds is 0. The Hall–Kier alpha value is -1.84. The van der Waals surface area contributed by atoms with Gasteiger partial charge in [0, 0.05) is 28.5 Å². The number of furan rings is 1. The summed E-state index contributed by atoms with van der Waals surface area (Å²) < 4.78 is 5.27. The first-order valence-electron chi connectivity index (χ1n) is 6.45. The number of hydrogen-bond acceptors (Lipinski definition) is 4. The monoisotopic (exact) mass is 260 g/mol. The molecule has 0 unspecified atom stereocenters. The number of fused-ring (bicyclic) bond motifs is 2. The molecule has 1 heterocycles. The van der Waals surface area contributed by atoms with Crippen molar-refractivity contribution in [1.29, 1.82) is 0 Å². The molecular weight excluding hydrogens is 244 g/mol. The Labute approximate surface area is 111 Å². The molecule has 2 aliphatic carbocycles. The molecule has 1 fully saturated rings. The molecule has 3 rings (SSSR count). The molecule has 1 aromatic rings. The molecule has 4 nitrogen and oxygen atoms in total. The van der Waals surface area contributed by atoms with E-state index < -0.39 is 5.78 Å². The van der Waals surface area contributed by atoms with Crippen LogP contribution in [0.5, 0.6) is 5.95 Å². The highest BCUT2D eigenvalue weighted by atomic mass is 16.5. The minimum absolute atomic E-state index is 0.101. The highest BCUT2D eigenvalue weighted by molar-refractivity contribution is 6.45. The summed E-state index contributed by atoms with van der Waals surface area (Å²) >= 11 is 0. The van der Waals surface area contributed by atoms with Crippen molar-refractivity contribution in [2.24, 2.45) is 11.3 Å². The molecular formula is C15H16O4. The average molecular weight is 260 g/mol. The fourth-order valence-corrected chi connectivity index (χ4v) is 3.16. The Bertz CT molecular complexity index is 635. The molecule has 0 amide bonds. The molecule has 19 heavy (non-hydrogen) atoms. The van der Waals surface area contributed by atoms with E-state index in [0.717, 1.165) is 11.1 Å². The summed E-state index contributed by atoms with van der Waals surface area (Å²) in [7, 11) is 0. The van der Waals surface area contributed by atoms with Gasteiger partial charge in [0.15, 0.2) is 0 Å². The summed E-state index contributed by atoms with van der Waals surface area (Å²) in [4.78, 5) is 23.8. The summed E-state index contributed by atoms with van der Waals surface area (Å²) in [6, 6.07) is 0. The lowest BCUT2D eigenvalue weighted by Gasteiger charge is -2.42. The smallest absolute Gasteiger partial charge is 0.285 e. The Balaban J connectivity index is 2.22. The zero-order chi connectivity index (χ0) is 13.9. The van der Waals surface area contributed by atoms with Gasteiger partial charge < -0.3 is 9.52 Å². The molecule has 1 aromatic heterocycles. The fraction of sp³-hybridized carbons (Fsp3) is 0.467. The standard InChI is InChI=1S/C15H16O4/c1-7-4-11(16)13(17)10-5-12-9(6-15(7,10)3)8(2)14(18)19-12/h5,7,18H,4,6H2,1-3H3/t7-,15+/m1/s1. The van der Waals surface area contributed by atoms with Gasteiger partial charge in [-0.25, -0.2) is 0 Å². The van der Waals surface area contributed by atoms with E-state index in [1.165, 1.54) is 0 Å². The first-order chi connectivity index (χ1) is 8.84. The lowest BCUT2D eigenvalue weighted by molar-refractivity contribution is -0.138. The molecule has 0 radical (unpaired) electrons. The first-order valence-corrected chi connectivity index (χ1v) is 6.45. The van der Waals surface area contributed by atoms with E-state index in [-0.39, 0.29) is 23.1 Å². The predicted octanol–water partition coefficient (Wildman–Crippen LogP) is 2.42. The normalized spacial score (nSPS) is 29.8. The van der Waals surface area contributed by atoms with Gasteiger partial charge in [0.2, 0.25) is 11.6 Å². The third kappa shape index (κ3) is 1.46. The van der Waals surface area contributed by atoms with Gasteiger partial charge in [-0.2, -0.15) is 0 Å². The third-order valence-corrected chi connectivity index (χ3v) is 4.79. The lowest BCUT2D eigenvalue weighted by atomic mass is 9.59. The van der Waals surface area contributed by atoms with E-state index in [2.05, 4.69) is 0 Å². The average Bonchev–Trinajstić information content (AvgIpc) is 2.62. The Morgan fingerprint density at radius 3 is 2.79 bits per heavy atom. The van der Waals surface area contributed by atoms with Crippen LogP contribution in [-0.4, -0.2) is 16.7 Å². The van der Waals surface area contributed by atoms with Crippen molar-refractivity contribution >= 4 is 17.6 Å². The molecule has 4 heteroatoms. The quantitative estimate of drug-likeness (QED) is 0.727. The predicted molar refractivity (Wildman–Crippen MR) is 68.7 cm³/mol. The van der Waals surface area contributed by atoms with Crippen molar-refractivity contribution in [3.8, 4) is 5.95 Å². The molecule has 100 valence electrons. The zero-order valence-corrected chi connectivity index (χ0v) is 11.2. The Morgan fingerprint density at radius 2 is 2.11 bits per heavy atom. The van der Waals surface area contributed by atoms with Crippen LogP contribution < -0.4 is 0 Å². The minimum atomic E-state index is -0.403. The largest absolute Gasteiger partial charge is 0.480 e. The van der Waals surface area contributed by atoms with Crippen LogP contribution in [0.2, 0.25) is 0 Å². The van der Waals surface area contributed by atoms with E-state index in [0.29, 0.717) is 24.2 Å². The number of allylic oxidation sites excluding steroid dienone is 1. The van der Waals surface area contributed by atoms with Crippen LogP contribution >= 0.6 is 0 Å². The molecule has 0 aromatic carbocycles. The van der Waals surface area contributed by atoms with E-state index in [1.54, 1.807) is 13.0 Å². The van der Waals surface area contributed by atoms with Crippen LogP contribution in [0.25, 0.3) is 6.08 Å². The SMILES string of the molecule is Cc1c(O)oc2c1C[C@]1(C)C(=C2)C(=O)C(=O)C[C@H]1C. The number of hydrogen-bond donors (Lipinski definition) is 1. The van der Waals surface area contributed by atoms with Gasteiger partial charge in [-0.05, 0) is 25.3 Å². The molecule has 0 aliphatic heterocycles. The van der Waals surface area contributed by atoms with E-state index in [9.17, 15) is 14.7 Å². The van der Waals surface area contributed by atoms with Crippen molar-refractivity contribution in [3.63, 3.8) is 0 Å². The second-order valence-corrected chi connectivity index (χ2v) is 5.88. The van der Waals surface area contributed by atoms with Crippen LogP contribution in [0.3, 0.4) is 0 Å². The second kappa shape index (κ2) is 3.59. The van der Waals surface area contributed by atoms with Gasteiger partial charge in [0.05, 0.1) is 0 Å². The molecule has 0 spiro atoms. The van der Waals surface area contributed by atoms with Crippen LogP contribution in [-0.2, 0) is 16.0 Å². The van der Waals surface area contributed by atoms with Crippen molar-refractivity contribution in [2.75, 3.05) is 0 Å². The van der Waals surface area contributed by atoms with Gasteiger partial charge in [0.1, 0.15) is 5.76 Å². The number of ketones is 2. The maximum atomic E-state index is 12.1. The summed E-state index contributed by atoms with van der Waals surface area (Å²) in [5.41, 5.74) is 1.84. The van der Waals surface area contributed by atoms with Crippen molar-refractivity contribution < 1.29 is 19.1 Å². The molecule has 2 atom stereocenters. The second-order valence-electron chi connectivity index (χ2n) is 5.88. The van der Waals surface area contributed by atoms with E-state index in [4.69, 9.17) is 4.42 Å². The van der Waals surface area contributed by atoms with Crippen molar-refractivity contribution in [1.82, 2.24) is 0 Å². The molecule has 0 saturated heterocycles. The topological polar surface area (TPSA) is 67.5 Å². The molecule has 0 bridgehead atoms. The maximum absolute atomic E-state index is 12.1. The summed E-state index contributed by atoms with van der Waals surface area (Å²) in [6.07, 6.45) is 2.57. The van der Waals surface area contributed by atoms with Gasteiger partial charge in [-0.15, -0.1) is 0 Å². The maximum Gasteiger partial charge on any atom is 0.285 e. The van der Waals surface area contributed by atoms with Crippen LogP contribution in [0.1, 0.15) is 37.2 Å². The first kappa shape index (κ1) is 12.2. The van der Waals surface area contributed by atoms with Gasteiger partial charge in [-0.3, -0.25) is 9.59 Å². The molecule has 2 aliphatic rings. The van der Waals surface area contributed by atoms with Gasteiger partial charge in [-0.1, -0.05) is 13.8 Å². The van der Waals surface area contributed by atoms with Crippen LogP contribution in [0.15, 0.2) is 9.99 Å².